The summed E-state index contributed by atoms with van der Waals surface area (Å²) in [7, 11) is 0. The molecule has 0 spiro atoms. The zero-order valence-corrected chi connectivity index (χ0v) is 19.9. The van der Waals surface area contributed by atoms with Crippen LogP contribution < -0.4 is 10.6 Å². The summed E-state index contributed by atoms with van der Waals surface area (Å²) in [4.78, 5) is 45.9. The zero-order chi connectivity index (χ0) is 24.0. The summed E-state index contributed by atoms with van der Waals surface area (Å²) in [5, 5.41) is 6.24. The number of amides is 2. The Morgan fingerprint density at radius 3 is 2.42 bits per heavy atom. The molecular formula is C22H23ClN4O5S. The number of esters is 2. The smallest absolute Gasteiger partial charge is 0.338 e. The van der Waals surface area contributed by atoms with E-state index in [9.17, 15) is 14.4 Å². The minimum absolute atomic E-state index is 0.0300. The highest BCUT2D eigenvalue weighted by atomic mass is 35.5. The van der Waals surface area contributed by atoms with Gasteiger partial charge in [-0.15, -0.1) is 0 Å². The summed E-state index contributed by atoms with van der Waals surface area (Å²) in [6, 6.07) is 7.21. The predicted molar refractivity (Wildman–Crippen MR) is 123 cm³/mol. The first-order valence-corrected chi connectivity index (χ1v) is 11.5. The van der Waals surface area contributed by atoms with E-state index >= 15 is 0 Å². The van der Waals surface area contributed by atoms with Crippen LogP contribution in [0.4, 0.5) is 4.79 Å². The third-order valence-corrected chi connectivity index (χ3v) is 5.58. The molecule has 0 radical (unpaired) electrons. The lowest BCUT2D eigenvalue weighted by atomic mass is 9.95. The molecule has 11 heteroatoms. The van der Waals surface area contributed by atoms with Crippen molar-refractivity contribution in [3.05, 3.63) is 63.6 Å². The summed E-state index contributed by atoms with van der Waals surface area (Å²) in [6.07, 6.45) is 0. The van der Waals surface area contributed by atoms with Crippen LogP contribution in [0.1, 0.15) is 29.9 Å². The van der Waals surface area contributed by atoms with E-state index in [-0.39, 0.29) is 30.2 Å². The van der Waals surface area contributed by atoms with Crippen molar-refractivity contribution < 1.29 is 23.9 Å². The topological polar surface area (TPSA) is 120 Å². The van der Waals surface area contributed by atoms with E-state index in [1.54, 1.807) is 31.2 Å². The van der Waals surface area contributed by atoms with Crippen molar-refractivity contribution >= 4 is 41.3 Å². The third kappa shape index (κ3) is 6.69. The van der Waals surface area contributed by atoms with E-state index in [1.165, 1.54) is 0 Å². The molecule has 1 aromatic heterocycles. The van der Waals surface area contributed by atoms with Gasteiger partial charge in [0.1, 0.15) is 6.61 Å². The van der Waals surface area contributed by atoms with E-state index in [0.29, 0.717) is 15.7 Å². The quantitative estimate of drug-likeness (QED) is 0.329. The lowest BCUT2D eigenvalue weighted by Gasteiger charge is -2.29. The minimum atomic E-state index is -0.790. The molecule has 9 nitrogen and oxygen atoms in total. The molecule has 0 aliphatic carbocycles. The van der Waals surface area contributed by atoms with Crippen LogP contribution in [0.25, 0.3) is 0 Å². The fraction of sp³-hybridized carbons (Fsp3) is 0.318. The van der Waals surface area contributed by atoms with Gasteiger partial charge in [-0.25, -0.2) is 19.6 Å². The Bertz CT molecular complexity index is 1070. The molecule has 0 saturated carbocycles. The first-order valence-electron chi connectivity index (χ1n) is 10.1. The summed E-state index contributed by atoms with van der Waals surface area (Å²) in [5.41, 5.74) is 2.53. The summed E-state index contributed by atoms with van der Waals surface area (Å²) in [6.45, 7) is 5.20. The molecule has 33 heavy (non-hydrogen) atoms. The van der Waals surface area contributed by atoms with Gasteiger partial charge in [-0.1, -0.05) is 35.5 Å². The van der Waals surface area contributed by atoms with Crippen LogP contribution in [0.2, 0.25) is 5.02 Å². The van der Waals surface area contributed by atoms with Gasteiger partial charge < -0.3 is 20.1 Å². The molecule has 0 bridgehead atoms. The second-order valence-electron chi connectivity index (χ2n) is 7.08. The van der Waals surface area contributed by atoms with Crippen molar-refractivity contribution in [1.29, 1.82) is 0 Å². The van der Waals surface area contributed by atoms with Gasteiger partial charge in [-0.3, -0.25) is 4.79 Å². The lowest BCUT2D eigenvalue weighted by molar-refractivity contribution is -0.141. The predicted octanol–water partition coefficient (Wildman–Crippen LogP) is 3.25. The Kier molecular flexibility index (Phi) is 8.29. The van der Waals surface area contributed by atoms with E-state index in [0.717, 1.165) is 23.1 Å². The molecule has 2 N–H and O–H groups in total. The van der Waals surface area contributed by atoms with Gasteiger partial charge in [0.2, 0.25) is 0 Å². The van der Waals surface area contributed by atoms with E-state index < -0.39 is 24.0 Å². The third-order valence-electron chi connectivity index (χ3n) is 4.51. The number of urea groups is 1. The largest absolute Gasteiger partial charge is 0.463 e. The summed E-state index contributed by atoms with van der Waals surface area (Å²) < 4.78 is 10.5. The number of aromatic nitrogens is 2. The maximum Gasteiger partial charge on any atom is 0.338 e. The number of ether oxygens (including phenoxy) is 2. The Morgan fingerprint density at radius 1 is 1.12 bits per heavy atom. The van der Waals surface area contributed by atoms with Crippen molar-refractivity contribution in [3.63, 3.8) is 0 Å². The van der Waals surface area contributed by atoms with Gasteiger partial charge in [0.05, 0.1) is 29.7 Å². The van der Waals surface area contributed by atoms with Crippen LogP contribution in [0.5, 0.6) is 0 Å². The van der Waals surface area contributed by atoms with E-state index in [4.69, 9.17) is 21.1 Å². The molecule has 2 heterocycles. The van der Waals surface area contributed by atoms with Crippen molar-refractivity contribution in [2.24, 2.45) is 0 Å². The molecule has 3 rings (SSSR count). The second kappa shape index (κ2) is 11.2. The van der Waals surface area contributed by atoms with E-state index in [2.05, 4.69) is 20.6 Å². The average molecular weight is 491 g/mol. The van der Waals surface area contributed by atoms with Crippen molar-refractivity contribution in [1.82, 2.24) is 20.6 Å². The summed E-state index contributed by atoms with van der Waals surface area (Å²) in [5.74, 6) is -1.21. The van der Waals surface area contributed by atoms with Gasteiger partial charge in [0.15, 0.2) is 5.16 Å². The van der Waals surface area contributed by atoms with Crippen LogP contribution >= 0.6 is 23.4 Å². The highest BCUT2D eigenvalue weighted by molar-refractivity contribution is 7.99. The number of halogens is 1. The van der Waals surface area contributed by atoms with Gasteiger partial charge in [0.25, 0.3) is 0 Å². The van der Waals surface area contributed by atoms with Crippen LogP contribution in [0, 0.1) is 13.8 Å². The molecule has 1 aliphatic rings. The number of rotatable bonds is 8. The molecule has 0 fully saturated rings. The summed E-state index contributed by atoms with van der Waals surface area (Å²) >= 11 is 7.10. The monoisotopic (exact) mass is 490 g/mol. The van der Waals surface area contributed by atoms with Gasteiger partial charge >= 0.3 is 18.0 Å². The standard InChI is InChI=1S/C22H23ClN4O5S/c1-4-31-20(29)18-16(26-21(30)27-19(18)14-5-7-15(23)8-6-14)10-32-17(28)11-33-22-24-12(2)9-13(3)25-22/h5-9,19H,4,10-11H2,1-3H3,(H2,26,27,30). The number of hydrogen-bond acceptors (Lipinski definition) is 8. The maximum atomic E-state index is 12.7. The van der Waals surface area contributed by atoms with Crippen LogP contribution in [-0.2, 0) is 19.1 Å². The minimum Gasteiger partial charge on any atom is -0.463 e. The molecule has 174 valence electrons. The fourth-order valence-corrected chi connectivity index (χ4v) is 4.04. The van der Waals surface area contributed by atoms with Gasteiger partial charge in [0, 0.05) is 16.4 Å². The molecule has 1 aromatic carbocycles. The van der Waals surface area contributed by atoms with Crippen LogP contribution in [-0.4, -0.2) is 46.9 Å². The van der Waals surface area contributed by atoms with E-state index in [1.807, 2.05) is 19.9 Å². The average Bonchev–Trinajstić information content (AvgIpc) is 2.76. The first kappa shape index (κ1) is 24.5. The Labute approximate surface area is 200 Å². The Morgan fingerprint density at radius 2 is 1.79 bits per heavy atom. The normalized spacial score (nSPS) is 15.5. The number of benzene rings is 1. The van der Waals surface area contributed by atoms with Gasteiger partial charge in [-0.05, 0) is 44.5 Å². The zero-order valence-electron chi connectivity index (χ0n) is 18.3. The Balaban J connectivity index is 1.76. The number of aryl methyl sites for hydroxylation is 2. The number of thioether (sulfide) groups is 1. The highest BCUT2D eigenvalue weighted by Crippen LogP contribution is 2.29. The molecule has 2 amide bonds. The van der Waals surface area contributed by atoms with Gasteiger partial charge in [-0.2, -0.15) is 0 Å². The second-order valence-corrected chi connectivity index (χ2v) is 8.46. The number of carbonyl (C=O) groups excluding carboxylic acids is 3. The lowest BCUT2D eigenvalue weighted by Crippen LogP contribution is -2.47. The van der Waals surface area contributed by atoms with Crippen LogP contribution in [0.3, 0.4) is 0 Å². The molecule has 1 atom stereocenters. The SMILES string of the molecule is CCOC(=O)C1=C(COC(=O)CSc2nc(C)cc(C)n2)NC(=O)NC1c1ccc(Cl)cc1. The molecular weight excluding hydrogens is 468 g/mol. The molecule has 0 saturated heterocycles. The maximum absolute atomic E-state index is 12.7. The highest BCUT2D eigenvalue weighted by Gasteiger charge is 2.34. The fourth-order valence-electron chi connectivity index (χ4n) is 3.16. The number of nitrogens with zero attached hydrogens (tertiary/aromatic N) is 2. The first-order chi connectivity index (χ1) is 15.8. The number of hydrogen-bond donors (Lipinski definition) is 2. The number of nitrogens with one attached hydrogen (secondary N) is 2. The Hall–Kier alpha value is -3.11. The van der Waals surface area contributed by atoms with Crippen molar-refractivity contribution in [2.75, 3.05) is 19.0 Å². The molecule has 1 aliphatic heterocycles. The number of carbonyl (C=O) groups is 3. The molecule has 2 aromatic rings. The van der Waals surface area contributed by atoms with Crippen molar-refractivity contribution in [3.8, 4) is 0 Å². The van der Waals surface area contributed by atoms with Crippen molar-refractivity contribution in [2.45, 2.75) is 32.0 Å². The molecule has 1 unspecified atom stereocenters. The van der Waals surface area contributed by atoms with Crippen LogP contribution in [0.15, 0.2) is 46.8 Å².